The van der Waals surface area contributed by atoms with Crippen LogP contribution in [0.15, 0.2) is 76.2 Å². The molecular formula is C22H20ClN3O6S. The van der Waals surface area contributed by atoms with Gasteiger partial charge in [-0.2, -0.15) is 0 Å². The Kier molecular flexibility index (Phi) is 7.88. The molecule has 172 valence electrons. The van der Waals surface area contributed by atoms with Crippen molar-refractivity contribution in [3.8, 4) is 5.75 Å². The fraction of sp³-hybridized carbons (Fsp3) is 0.0909. The van der Waals surface area contributed by atoms with Crippen LogP contribution < -0.4 is 20.3 Å². The average molecular weight is 490 g/mol. The van der Waals surface area contributed by atoms with E-state index < -0.39 is 21.8 Å². The number of amides is 2. The summed E-state index contributed by atoms with van der Waals surface area (Å²) in [7, 11) is -2.31. The number of sulfonamides is 1. The van der Waals surface area contributed by atoms with Gasteiger partial charge in [0.25, 0.3) is 11.8 Å². The van der Waals surface area contributed by atoms with Crippen LogP contribution >= 0.6 is 11.6 Å². The molecule has 0 aliphatic heterocycles. The van der Waals surface area contributed by atoms with Gasteiger partial charge >= 0.3 is 0 Å². The number of ether oxygens (including phenoxy) is 1. The molecule has 0 bridgehead atoms. The Morgan fingerprint density at radius 2 is 1.85 bits per heavy atom. The van der Waals surface area contributed by atoms with E-state index in [1.165, 1.54) is 49.8 Å². The van der Waals surface area contributed by atoms with Crippen molar-refractivity contribution in [1.29, 1.82) is 0 Å². The standard InChI is InChI=1S/C22H20ClN3O6S/c1-31-20-10-7-16(23)13-19(20)22(28)26-25-21(27)11-6-15-4-8-18(9-5-15)33(29,30)24-14-17-3-2-12-32-17/h2-13,24H,14H2,1H3,(H,25,27)(H,26,28)/b11-6+. The first-order valence-corrected chi connectivity index (χ1v) is 11.4. The van der Waals surface area contributed by atoms with Crippen LogP contribution in [0.4, 0.5) is 0 Å². The highest BCUT2D eigenvalue weighted by atomic mass is 35.5. The maximum absolute atomic E-state index is 12.3. The minimum Gasteiger partial charge on any atom is -0.496 e. The summed E-state index contributed by atoms with van der Waals surface area (Å²) in [5, 5.41) is 0.341. The Hall–Kier alpha value is -3.60. The Bertz CT molecular complexity index is 1260. The minimum absolute atomic E-state index is 0.0317. The normalized spacial score (nSPS) is 11.3. The lowest BCUT2D eigenvalue weighted by Crippen LogP contribution is -2.40. The Labute approximate surface area is 195 Å². The van der Waals surface area contributed by atoms with Gasteiger partial charge in [-0.3, -0.25) is 20.4 Å². The van der Waals surface area contributed by atoms with Gasteiger partial charge in [0, 0.05) is 11.1 Å². The summed E-state index contributed by atoms with van der Waals surface area (Å²) < 4.78 is 37.3. The number of furan rings is 1. The van der Waals surface area contributed by atoms with E-state index in [0.29, 0.717) is 22.1 Å². The third-order valence-corrected chi connectivity index (χ3v) is 5.99. The van der Waals surface area contributed by atoms with Gasteiger partial charge in [0.05, 0.1) is 30.4 Å². The number of nitrogens with one attached hydrogen (secondary N) is 3. The van der Waals surface area contributed by atoms with E-state index in [-0.39, 0.29) is 17.0 Å². The molecule has 0 atom stereocenters. The summed E-state index contributed by atoms with van der Waals surface area (Å²) in [4.78, 5) is 24.3. The van der Waals surface area contributed by atoms with Crippen LogP contribution in [0.3, 0.4) is 0 Å². The van der Waals surface area contributed by atoms with E-state index in [4.69, 9.17) is 20.8 Å². The van der Waals surface area contributed by atoms with E-state index >= 15 is 0 Å². The fourth-order valence-corrected chi connectivity index (χ4v) is 3.84. The van der Waals surface area contributed by atoms with Crippen LogP contribution in [0, 0.1) is 0 Å². The molecule has 1 heterocycles. The first kappa shape index (κ1) is 24.1. The van der Waals surface area contributed by atoms with Crippen molar-refractivity contribution in [2.24, 2.45) is 0 Å². The number of hydrogen-bond acceptors (Lipinski definition) is 6. The van der Waals surface area contributed by atoms with Crippen molar-refractivity contribution < 1.29 is 27.2 Å². The summed E-state index contributed by atoms with van der Waals surface area (Å²) in [5.41, 5.74) is 5.26. The Morgan fingerprint density at radius 1 is 1.09 bits per heavy atom. The molecule has 0 spiro atoms. The van der Waals surface area contributed by atoms with Crippen LogP contribution in [0.1, 0.15) is 21.7 Å². The molecule has 0 saturated carbocycles. The molecular weight excluding hydrogens is 470 g/mol. The number of carbonyl (C=O) groups is 2. The van der Waals surface area contributed by atoms with Gasteiger partial charge in [-0.25, -0.2) is 13.1 Å². The number of benzene rings is 2. The highest BCUT2D eigenvalue weighted by Crippen LogP contribution is 2.22. The van der Waals surface area contributed by atoms with Crippen molar-refractivity contribution in [2.45, 2.75) is 11.4 Å². The third-order valence-electron chi connectivity index (χ3n) is 4.34. The van der Waals surface area contributed by atoms with Crippen LogP contribution in [0.5, 0.6) is 5.75 Å². The molecule has 3 rings (SSSR count). The lowest BCUT2D eigenvalue weighted by molar-refractivity contribution is -0.117. The summed E-state index contributed by atoms with van der Waals surface area (Å²) in [6.45, 7) is 0.0317. The Morgan fingerprint density at radius 3 is 2.52 bits per heavy atom. The van der Waals surface area contributed by atoms with Crippen molar-refractivity contribution in [1.82, 2.24) is 15.6 Å². The smallest absolute Gasteiger partial charge is 0.273 e. The van der Waals surface area contributed by atoms with E-state index in [0.717, 1.165) is 0 Å². The van der Waals surface area contributed by atoms with Gasteiger partial charge in [-0.1, -0.05) is 23.7 Å². The third kappa shape index (κ3) is 6.69. The molecule has 0 unspecified atom stereocenters. The zero-order valence-corrected chi connectivity index (χ0v) is 18.9. The van der Waals surface area contributed by atoms with Crippen molar-refractivity contribution in [3.05, 3.63) is 88.8 Å². The SMILES string of the molecule is COc1ccc(Cl)cc1C(=O)NNC(=O)/C=C/c1ccc(S(=O)(=O)NCc2ccco2)cc1. The number of rotatable bonds is 8. The predicted octanol–water partition coefficient (Wildman–Crippen LogP) is 2.89. The lowest BCUT2D eigenvalue weighted by atomic mass is 10.2. The zero-order valence-electron chi connectivity index (χ0n) is 17.4. The van der Waals surface area contributed by atoms with Gasteiger partial charge in [0.2, 0.25) is 10.0 Å². The summed E-state index contributed by atoms with van der Waals surface area (Å²) in [6, 6.07) is 13.8. The molecule has 0 fully saturated rings. The van der Waals surface area contributed by atoms with E-state index in [2.05, 4.69) is 15.6 Å². The average Bonchev–Trinajstić information content (AvgIpc) is 3.34. The molecule has 1 aromatic heterocycles. The number of carbonyl (C=O) groups excluding carboxylic acids is 2. The van der Waals surface area contributed by atoms with Gasteiger partial charge in [-0.05, 0) is 54.1 Å². The first-order valence-electron chi connectivity index (χ1n) is 9.52. The van der Waals surface area contributed by atoms with Crippen LogP contribution in [0.2, 0.25) is 5.02 Å². The second-order valence-corrected chi connectivity index (χ2v) is 8.80. The second kappa shape index (κ2) is 10.8. The largest absolute Gasteiger partial charge is 0.496 e. The molecule has 3 N–H and O–H groups in total. The highest BCUT2D eigenvalue weighted by molar-refractivity contribution is 7.89. The van der Waals surface area contributed by atoms with Gasteiger partial charge in [0.15, 0.2) is 0 Å². The number of hydrazine groups is 1. The molecule has 2 amide bonds. The van der Waals surface area contributed by atoms with Crippen LogP contribution in [-0.4, -0.2) is 27.3 Å². The fourth-order valence-electron chi connectivity index (χ4n) is 2.68. The van der Waals surface area contributed by atoms with Crippen molar-refractivity contribution in [3.63, 3.8) is 0 Å². The lowest BCUT2D eigenvalue weighted by Gasteiger charge is -2.09. The van der Waals surface area contributed by atoms with Gasteiger partial charge in [0.1, 0.15) is 11.5 Å². The summed E-state index contributed by atoms with van der Waals surface area (Å²) >= 11 is 5.90. The zero-order chi connectivity index (χ0) is 23.8. The van der Waals surface area contributed by atoms with Gasteiger partial charge in [-0.15, -0.1) is 0 Å². The monoisotopic (exact) mass is 489 g/mol. The first-order chi connectivity index (χ1) is 15.8. The molecule has 0 saturated heterocycles. The maximum Gasteiger partial charge on any atom is 0.273 e. The molecule has 11 heteroatoms. The van der Waals surface area contributed by atoms with Gasteiger partial charge < -0.3 is 9.15 Å². The van der Waals surface area contributed by atoms with E-state index in [1.54, 1.807) is 30.3 Å². The molecule has 3 aromatic rings. The number of hydrogen-bond donors (Lipinski definition) is 3. The molecule has 9 nitrogen and oxygen atoms in total. The van der Waals surface area contributed by atoms with Crippen LogP contribution in [-0.2, 0) is 21.4 Å². The highest BCUT2D eigenvalue weighted by Gasteiger charge is 2.15. The minimum atomic E-state index is -3.72. The predicted molar refractivity (Wildman–Crippen MR) is 122 cm³/mol. The molecule has 0 radical (unpaired) electrons. The quantitative estimate of drug-likeness (QED) is 0.330. The molecule has 33 heavy (non-hydrogen) atoms. The van der Waals surface area contributed by atoms with Crippen molar-refractivity contribution in [2.75, 3.05) is 7.11 Å². The maximum atomic E-state index is 12.3. The summed E-state index contributed by atoms with van der Waals surface area (Å²) in [5.74, 6) is -0.408. The van der Waals surface area contributed by atoms with E-state index in [1.807, 2.05) is 0 Å². The van der Waals surface area contributed by atoms with Crippen molar-refractivity contribution >= 4 is 39.5 Å². The number of methoxy groups -OCH3 is 1. The Balaban J connectivity index is 1.54. The van der Waals surface area contributed by atoms with E-state index in [9.17, 15) is 18.0 Å². The second-order valence-electron chi connectivity index (χ2n) is 6.59. The molecule has 0 aliphatic rings. The summed E-state index contributed by atoms with van der Waals surface area (Å²) in [6.07, 6.45) is 4.11. The molecule has 2 aromatic carbocycles. The molecule has 0 aliphatic carbocycles. The number of halogens is 1. The topological polar surface area (TPSA) is 127 Å². The van der Waals surface area contributed by atoms with Crippen LogP contribution in [0.25, 0.3) is 6.08 Å².